The molecule has 1 atom stereocenters. The van der Waals surface area contributed by atoms with Gasteiger partial charge >= 0.3 is 0 Å². The first-order chi connectivity index (χ1) is 12.4. The molecule has 0 spiro atoms. The molecule has 2 aromatic rings. The zero-order valence-corrected chi connectivity index (χ0v) is 15.0. The standard InChI is InChI=1S/C19H21NO5S/c21-18(10-13-26(23,24)15-6-2-1-3-7-15)20-14-19(22)11-12-25-17-9-5-4-8-16(17)19/h1-9,22H,10-14H2,(H,20,21)/t19-/m0/s1. The van der Waals surface area contributed by atoms with Crippen molar-refractivity contribution in [3.8, 4) is 5.75 Å². The fourth-order valence-electron chi connectivity index (χ4n) is 2.93. The van der Waals surface area contributed by atoms with Crippen LogP contribution in [0.3, 0.4) is 0 Å². The predicted molar refractivity (Wildman–Crippen MR) is 96.6 cm³/mol. The molecule has 0 aromatic heterocycles. The summed E-state index contributed by atoms with van der Waals surface area (Å²) in [7, 11) is -3.51. The zero-order valence-electron chi connectivity index (χ0n) is 14.2. The molecule has 7 heteroatoms. The highest BCUT2D eigenvalue weighted by atomic mass is 32.2. The Morgan fingerprint density at radius 3 is 2.58 bits per heavy atom. The van der Waals surface area contributed by atoms with Gasteiger partial charge in [-0.15, -0.1) is 0 Å². The highest BCUT2D eigenvalue weighted by Gasteiger charge is 2.35. The molecule has 0 aliphatic carbocycles. The largest absolute Gasteiger partial charge is 0.493 e. The molecule has 1 heterocycles. The molecule has 0 bridgehead atoms. The number of fused-ring (bicyclic) bond motifs is 1. The van der Waals surface area contributed by atoms with Crippen LogP contribution in [0.5, 0.6) is 5.75 Å². The first-order valence-electron chi connectivity index (χ1n) is 8.40. The van der Waals surface area contributed by atoms with Crippen molar-refractivity contribution in [3.05, 3.63) is 60.2 Å². The highest BCUT2D eigenvalue weighted by molar-refractivity contribution is 7.91. The number of carbonyl (C=O) groups is 1. The lowest BCUT2D eigenvalue weighted by Gasteiger charge is -2.34. The average molecular weight is 375 g/mol. The Bertz CT molecular complexity index is 882. The van der Waals surface area contributed by atoms with Crippen molar-refractivity contribution >= 4 is 15.7 Å². The van der Waals surface area contributed by atoms with Gasteiger partial charge in [-0.3, -0.25) is 4.79 Å². The maximum absolute atomic E-state index is 12.2. The van der Waals surface area contributed by atoms with Crippen molar-refractivity contribution in [2.75, 3.05) is 18.9 Å². The number of amides is 1. The van der Waals surface area contributed by atoms with E-state index in [9.17, 15) is 18.3 Å². The van der Waals surface area contributed by atoms with E-state index < -0.39 is 21.3 Å². The summed E-state index contributed by atoms with van der Waals surface area (Å²) < 4.78 is 30.0. The minimum atomic E-state index is -3.51. The van der Waals surface area contributed by atoms with Crippen LogP contribution < -0.4 is 10.1 Å². The van der Waals surface area contributed by atoms with Gasteiger partial charge in [-0.25, -0.2) is 8.42 Å². The summed E-state index contributed by atoms with van der Waals surface area (Å²) in [6.07, 6.45) is 0.193. The molecule has 1 amide bonds. The van der Waals surface area contributed by atoms with Gasteiger partial charge in [0.2, 0.25) is 5.91 Å². The Morgan fingerprint density at radius 2 is 1.81 bits per heavy atom. The van der Waals surface area contributed by atoms with Crippen LogP contribution in [0.25, 0.3) is 0 Å². The van der Waals surface area contributed by atoms with Gasteiger partial charge in [0.05, 0.1) is 23.8 Å². The minimum Gasteiger partial charge on any atom is -0.493 e. The summed E-state index contributed by atoms with van der Waals surface area (Å²) in [5.41, 5.74) is -0.591. The van der Waals surface area contributed by atoms with Crippen LogP contribution in [-0.4, -0.2) is 38.3 Å². The lowest BCUT2D eigenvalue weighted by Crippen LogP contribution is -2.44. The second-order valence-corrected chi connectivity index (χ2v) is 8.39. The van der Waals surface area contributed by atoms with Gasteiger partial charge in [0.25, 0.3) is 0 Å². The van der Waals surface area contributed by atoms with Crippen molar-refractivity contribution < 1.29 is 23.1 Å². The normalized spacial score (nSPS) is 19.3. The van der Waals surface area contributed by atoms with Crippen LogP contribution in [0.4, 0.5) is 0 Å². The van der Waals surface area contributed by atoms with Gasteiger partial charge in [-0.05, 0) is 18.2 Å². The molecule has 138 valence electrons. The third-order valence-corrected chi connectivity index (χ3v) is 6.17. The van der Waals surface area contributed by atoms with Crippen LogP contribution in [0.1, 0.15) is 18.4 Å². The van der Waals surface area contributed by atoms with Crippen molar-refractivity contribution in [1.29, 1.82) is 0 Å². The van der Waals surface area contributed by atoms with Crippen molar-refractivity contribution in [1.82, 2.24) is 5.32 Å². The predicted octanol–water partition coefficient (Wildman–Crippen LogP) is 1.64. The summed E-state index contributed by atoms with van der Waals surface area (Å²) in [4.78, 5) is 12.3. The number of carbonyl (C=O) groups excluding carboxylic acids is 1. The Balaban J connectivity index is 1.58. The third kappa shape index (κ3) is 4.05. The molecule has 0 saturated heterocycles. The van der Waals surface area contributed by atoms with Crippen molar-refractivity contribution in [3.63, 3.8) is 0 Å². The van der Waals surface area contributed by atoms with Crippen molar-refractivity contribution in [2.45, 2.75) is 23.3 Å². The number of sulfone groups is 1. The molecule has 2 N–H and O–H groups in total. The molecule has 3 rings (SSSR count). The molecule has 2 aromatic carbocycles. The van der Waals surface area contributed by atoms with Gasteiger partial charge in [-0.1, -0.05) is 36.4 Å². The van der Waals surface area contributed by atoms with Crippen LogP contribution >= 0.6 is 0 Å². The second-order valence-electron chi connectivity index (χ2n) is 6.28. The fourth-order valence-corrected chi connectivity index (χ4v) is 4.19. The number of ether oxygens (including phenoxy) is 1. The summed E-state index contributed by atoms with van der Waals surface area (Å²) in [5, 5.41) is 13.5. The summed E-state index contributed by atoms with van der Waals surface area (Å²) in [6.45, 7) is 0.364. The van der Waals surface area contributed by atoms with E-state index in [1.165, 1.54) is 12.1 Å². The van der Waals surface area contributed by atoms with E-state index >= 15 is 0 Å². The van der Waals surface area contributed by atoms with Crippen molar-refractivity contribution in [2.24, 2.45) is 0 Å². The summed E-state index contributed by atoms with van der Waals surface area (Å²) >= 11 is 0. The number of hydrogen-bond acceptors (Lipinski definition) is 5. The summed E-state index contributed by atoms with van der Waals surface area (Å²) in [6, 6.07) is 15.2. The van der Waals surface area contributed by atoms with E-state index in [0.29, 0.717) is 24.3 Å². The SMILES string of the molecule is O=C(CCS(=O)(=O)c1ccccc1)NC[C@@]1(O)CCOc2ccccc21. The van der Waals surface area contributed by atoms with Gasteiger partial charge in [0.1, 0.15) is 11.4 Å². The third-order valence-electron chi connectivity index (χ3n) is 4.44. The molecular weight excluding hydrogens is 354 g/mol. The Labute approximate surface area is 152 Å². The zero-order chi connectivity index (χ0) is 18.6. The van der Waals surface area contributed by atoms with E-state index in [0.717, 1.165) is 0 Å². The van der Waals surface area contributed by atoms with Gasteiger partial charge < -0.3 is 15.2 Å². The Kier molecular flexibility index (Phi) is 5.29. The van der Waals surface area contributed by atoms with Gasteiger partial charge in [0, 0.05) is 18.4 Å². The van der Waals surface area contributed by atoms with Gasteiger partial charge in [-0.2, -0.15) is 0 Å². The Hall–Kier alpha value is -2.38. The highest BCUT2D eigenvalue weighted by Crippen LogP contribution is 2.36. The molecule has 6 nitrogen and oxygen atoms in total. The number of benzene rings is 2. The van der Waals surface area contributed by atoms with E-state index in [4.69, 9.17) is 4.74 Å². The second kappa shape index (κ2) is 7.47. The molecule has 1 aliphatic rings. The quantitative estimate of drug-likeness (QED) is 0.801. The van der Waals surface area contributed by atoms with E-state index in [1.807, 2.05) is 6.07 Å². The number of aliphatic hydroxyl groups is 1. The van der Waals surface area contributed by atoms with Crippen LogP contribution in [-0.2, 0) is 20.2 Å². The topological polar surface area (TPSA) is 92.7 Å². The smallest absolute Gasteiger partial charge is 0.221 e. The first-order valence-corrected chi connectivity index (χ1v) is 10.1. The summed E-state index contributed by atoms with van der Waals surface area (Å²) in [5.74, 6) is -0.0925. The van der Waals surface area contributed by atoms with Crippen LogP contribution in [0, 0.1) is 0 Å². The maximum atomic E-state index is 12.2. The molecule has 0 unspecified atom stereocenters. The monoisotopic (exact) mass is 375 g/mol. The number of nitrogens with one attached hydrogen (secondary N) is 1. The molecule has 1 aliphatic heterocycles. The number of rotatable bonds is 6. The van der Waals surface area contributed by atoms with E-state index in [-0.39, 0.29) is 23.6 Å². The maximum Gasteiger partial charge on any atom is 0.221 e. The number of hydrogen-bond donors (Lipinski definition) is 2. The Morgan fingerprint density at radius 1 is 1.12 bits per heavy atom. The lowest BCUT2D eigenvalue weighted by atomic mass is 9.88. The fraction of sp³-hybridized carbons (Fsp3) is 0.316. The molecular formula is C19H21NO5S. The minimum absolute atomic E-state index is 0.0115. The molecule has 0 saturated carbocycles. The lowest BCUT2D eigenvalue weighted by molar-refractivity contribution is -0.122. The first kappa shape index (κ1) is 18.4. The molecule has 26 heavy (non-hydrogen) atoms. The van der Waals surface area contributed by atoms with E-state index in [1.54, 1.807) is 36.4 Å². The van der Waals surface area contributed by atoms with Crippen LogP contribution in [0.2, 0.25) is 0 Å². The van der Waals surface area contributed by atoms with Crippen LogP contribution in [0.15, 0.2) is 59.5 Å². The molecule has 0 fully saturated rings. The van der Waals surface area contributed by atoms with E-state index in [2.05, 4.69) is 5.32 Å². The number of para-hydroxylation sites is 1. The average Bonchev–Trinajstić information content (AvgIpc) is 2.66. The molecule has 0 radical (unpaired) electrons. The van der Waals surface area contributed by atoms with Gasteiger partial charge in [0.15, 0.2) is 9.84 Å².